The van der Waals surface area contributed by atoms with Crippen LogP contribution in [0.15, 0.2) is 24.3 Å². The van der Waals surface area contributed by atoms with Crippen LogP contribution in [0.5, 0.6) is 0 Å². The van der Waals surface area contributed by atoms with Crippen molar-refractivity contribution >= 4 is 11.9 Å². The van der Waals surface area contributed by atoms with Gasteiger partial charge in [-0.15, -0.1) is 0 Å². The molecule has 1 aromatic carbocycles. The van der Waals surface area contributed by atoms with Crippen molar-refractivity contribution in [3.63, 3.8) is 0 Å². The summed E-state index contributed by atoms with van der Waals surface area (Å²) < 4.78 is 0. The van der Waals surface area contributed by atoms with E-state index in [0.29, 0.717) is 24.9 Å². The zero-order valence-corrected chi connectivity index (χ0v) is 12.8. The normalized spacial score (nSPS) is 21.5. The second-order valence-electron chi connectivity index (χ2n) is 5.66. The number of rotatable bonds is 5. The van der Waals surface area contributed by atoms with Crippen LogP contribution in [0.4, 0.5) is 0 Å². The Morgan fingerprint density at radius 3 is 2.62 bits per heavy atom. The van der Waals surface area contributed by atoms with E-state index in [2.05, 4.69) is 0 Å². The van der Waals surface area contributed by atoms with Gasteiger partial charge in [-0.3, -0.25) is 4.79 Å². The number of hydrogen-bond donors (Lipinski definition) is 1. The van der Waals surface area contributed by atoms with Crippen LogP contribution in [0, 0.1) is 0 Å². The average molecular weight is 289 g/mol. The summed E-state index contributed by atoms with van der Waals surface area (Å²) in [6, 6.07) is 7.49. The van der Waals surface area contributed by atoms with Gasteiger partial charge < -0.3 is 10.0 Å². The summed E-state index contributed by atoms with van der Waals surface area (Å²) in [6.07, 6.45) is 3.35. The van der Waals surface area contributed by atoms with Crippen LogP contribution < -0.4 is 0 Å². The van der Waals surface area contributed by atoms with Gasteiger partial charge in [0.1, 0.15) is 5.54 Å². The first-order valence-corrected chi connectivity index (χ1v) is 7.70. The molecular weight excluding hydrogens is 266 g/mol. The zero-order chi connectivity index (χ0) is 15.5. The Bertz CT molecular complexity index is 541. The SMILES string of the molecule is CCCC1(C(=O)O)CCCN1C(=O)c1ccccc1CC. The van der Waals surface area contributed by atoms with E-state index < -0.39 is 11.5 Å². The maximum Gasteiger partial charge on any atom is 0.329 e. The molecule has 21 heavy (non-hydrogen) atoms. The Balaban J connectivity index is 2.39. The number of carboxylic acid groups (broad SMARTS) is 1. The van der Waals surface area contributed by atoms with Gasteiger partial charge in [-0.1, -0.05) is 38.5 Å². The van der Waals surface area contributed by atoms with Crippen molar-refractivity contribution in [2.24, 2.45) is 0 Å². The van der Waals surface area contributed by atoms with E-state index in [1.54, 1.807) is 11.0 Å². The van der Waals surface area contributed by atoms with Crippen molar-refractivity contribution in [3.8, 4) is 0 Å². The molecule has 1 amide bonds. The summed E-state index contributed by atoms with van der Waals surface area (Å²) in [4.78, 5) is 26.3. The van der Waals surface area contributed by atoms with Gasteiger partial charge in [0.15, 0.2) is 0 Å². The molecule has 4 heteroatoms. The number of aliphatic carboxylic acids is 1. The third kappa shape index (κ3) is 2.67. The highest BCUT2D eigenvalue weighted by Crippen LogP contribution is 2.35. The maximum absolute atomic E-state index is 12.9. The third-order valence-electron chi connectivity index (χ3n) is 4.42. The lowest BCUT2D eigenvalue weighted by atomic mass is 9.90. The number of benzene rings is 1. The number of nitrogens with zero attached hydrogens (tertiary/aromatic N) is 1. The number of carbonyl (C=O) groups excluding carboxylic acids is 1. The molecule has 0 radical (unpaired) electrons. The molecule has 1 heterocycles. The largest absolute Gasteiger partial charge is 0.479 e. The van der Waals surface area contributed by atoms with E-state index in [-0.39, 0.29) is 5.91 Å². The quantitative estimate of drug-likeness (QED) is 0.906. The van der Waals surface area contributed by atoms with E-state index in [9.17, 15) is 14.7 Å². The van der Waals surface area contributed by atoms with E-state index in [0.717, 1.165) is 24.8 Å². The molecule has 1 aromatic rings. The number of likely N-dealkylation sites (tertiary alicyclic amines) is 1. The number of hydrogen-bond acceptors (Lipinski definition) is 2. The molecule has 0 spiro atoms. The van der Waals surface area contributed by atoms with Crippen LogP contribution in [0.25, 0.3) is 0 Å². The van der Waals surface area contributed by atoms with Crippen molar-refractivity contribution in [1.29, 1.82) is 0 Å². The van der Waals surface area contributed by atoms with E-state index >= 15 is 0 Å². The van der Waals surface area contributed by atoms with E-state index in [4.69, 9.17) is 0 Å². The number of carbonyl (C=O) groups is 2. The van der Waals surface area contributed by atoms with Crippen molar-refractivity contribution in [2.45, 2.75) is 51.5 Å². The van der Waals surface area contributed by atoms with Gasteiger partial charge in [0.2, 0.25) is 0 Å². The minimum Gasteiger partial charge on any atom is -0.479 e. The predicted octanol–water partition coefficient (Wildman–Crippen LogP) is 3.11. The molecule has 1 aliphatic heterocycles. The summed E-state index contributed by atoms with van der Waals surface area (Å²) in [5.41, 5.74) is 0.598. The summed E-state index contributed by atoms with van der Waals surface area (Å²) in [6.45, 7) is 4.50. The summed E-state index contributed by atoms with van der Waals surface area (Å²) in [5, 5.41) is 9.69. The van der Waals surface area contributed by atoms with Crippen LogP contribution >= 0.6 is 0 Å². The molecule has 1 unspecified atom stereocenters. The van der Waals surface area contributed by atoms with Crippen LogP contribution in [0.1, 0.15) is 55.5 Å². The fraction of sp³-hybridized carbons (Fsp3) is 0.529. The van der Waals surface area contributed by atoms with Gasteiger partial charge in [0.05, 0.1) is 0 Å². The monoisotopic (exact) mass is 289 g/mol. The van der Waals surface area contributed by atoms with E-state index in [1.165, 1.54) is 0 Å². The Morgan fingerprint density at radius 1 is 1.29 bits per heavy atom. The molecule has 2 rings (SSSR count). The number of carboxylic acids is 1. The van der Waals surface area contributed by atoms with Gasteiger partial charge in [0.25, 0.3) is 5.91 Å². The van der Waals surface area contributed by atoms with Crippen LogP contribution in [0.2, 0.25) is 0 Å². The van der Waals surface area contributed by atoms with Crippen LogP contribution in [-0.4, -0.2) is 34.0 Å². The molecule has 4 nitrogen and oxygen atoms in total. The lowest BCUT2D eigenvalue weighted by molar-refractivity contribution is -0.148. The Morgan fingerprint density at radius 2 is 2.00 bits per heavy atom. The van der Waals surface area contributed by atoms with Crippen LogP contribution in [-0.2, 0) is 11.2 Å². The zero-order valence-electron chi connectivity index (χ0n) is 12.8. The second-order valence-corrected chi connectivity index (χ2v) is 5.66. The fourth-order valence-electron chi connectivity index (χ4n) is 3.36. The van der Waals surface area contributed by atoms with Gasteiger partial charge in [-0.25, -0.2) is 4.79 Å². The van der Waals surface area contributed by atoms with Gasteiger partial charge in [-0.05, 0) is 37.3 Å². The molecule has 1 N–H and O–H groups in total. The first kappa shape index (κ1) is 15.5. The smallest absolute Gasteiger partial charge is 0.329 e. The van der Waals surface area contributed by atoms with Crippen LogP contribution in [0.3, 0.4) is 0 Å². The van der Waals surface area contributed by atoms with Crippen molar-refractivity contribution in [1.82, 2.24) is 4.90 Å². The highest BCUT2D eigenvalue weighted by Gasteiger charge is 2.49. The lowest BCUT2D eigenvalue weighted by Crippen LogP contribution is -2.53. The summed E-state index contributed by atoms with van der Waals surface area (Å²) >= 11 is 0. The molecule has 0 saturated carbocycles. The van der Waals surface area contributed by atoms with Crippen molar-refractivity contribution in [2.75, 3.05) is 6.54 Å². The minimum absolute atomic E-state index is 0.138. The standard InChI is InChI=1S/C17H23NO3/c1-3-10-17(16(20)21)11-7-12-18(17)15(19)14-9-6-5-8-13(14)4-2/h5-6,8-9H,3-4,7,10-12H2,1-2H3,(H,20,21). The van der Waals surface area contributed by atoms with Gasteiger partial charge in [0, 0.05) is 12.1 Å². The number of amides is 1. The highest BCUT2D eigenvalue weighted by molar-refractivity contribution is 5.99. The molecule has 1 saturated heterocycles. The topological polar surface area (TPSA) is 57.6 Å². The first-order valence-electron chi connectivity index (χ1n) is 7.70. The van der Waals surface area contributed by atoms with E-state index in [1.807, 2.05) is 32.0 Å². The fourth-order valence-corrected chi connectivity index (χ4v) is 3.36. The van der Waals surface area contributed by atoms with Gasteiger partial charge in [-0.2, -0.15) is 0 Å². The lowest BCUT2D eigenvalue weighted by Gasteiger charge is -2.35. The number of aryl methyl sites for hydroxylation is 1. The molecule has 0 aromatic heterocycles. The predicted molar refractivity (Wildman–Crippen MR) is 81.4 cm³/mol. The second kappa shape index (κ2) is 6.29. The van der Waals surface area contributed by atoms with Crippen molar-refractivity contribution in [3.05, 3.63) is 35.4 Å². The Hall–Kier alpha value is -1.84. The third-order valence-corrected chi connectivity index (χ3v) is 4.42. The molecule has 114 valence electrons. The molecular formula is C17H23NO3. The average Bonchev–Trinajstić information content (AvgIpc) is 2.92. The first-order chi connectivity index (χ1) is 10.1. The van der Waals surface area contributed by atoms with Crippen molar-refractivity contribution < 1.29 is 14.7 Å². The Kier molecular flexibility index (Phi) is 4.66. The molecule has 1 aliphatic rings. The minimum atomic E-state index is -1.02. The highest BCUT2D eigenvalue weighted by atomic mass is 16.4. The maximum atomic E-state index is 12.9. The molecule has 0 aliphatic carbocycles. The summed E-state index contributed by atoms with van der Waals surface area (Å²) in [5.74, 6) is -1.01. The molecule has 0 bridgehead atoms. The molecule has 1 fully saturated rings. The molecule has 1 atom stereocenters. The summed E-state index contributed by atoms with van der Waals surface area (Å²) in [7, 11) is 0. The Labute approximate surface area is 125 Å². The van der Waals surface area contributed by atoms with Gasteiger partial charge >= 0.3 is 5.97 Å².